The molecule has 1 aromatic carbocycles. The van der Waals surface area contributed by atoms with Crippen molar-refractivity contribution in [2.75, 3.05) is 11.0 Å². The quantitative estimate of drug-likeness (QED) is 0.798. The van der Waals surface area contributed by atoms with E-state index < -0.39 is 10.0 Å². The highest BCUT2D eigenvalue weighted by Gasteiger charge is 2.00. The SMILES string of the molecule is [CH2]Oc1ccc(NS(C)(=O)=O)cc1. The van der Waals surface area contributed by atoms with Gasteiger partial charge in [0.2, 0.25) is 10.0 Å². The minimum Gasteiger partial charge on any atom is -0.490 e. The molecule has 13 heavy (non-hydrogen) atoms. The van der Waals surface area contributed by atoms with Crippen molar-refractivity contribution in [3.8, 4) is 5.75 Å². The summed E-state index contributed by atoms with van der Waals surface area (Å²) in [5.41, 5.74) is 0.503. The monoisotopic (exact) mass is 200 g/mol. The Balaban J connectivity index is 2.81. The summed E-state index contributed by atoms with van der Waals surface area (Å²) in [6.07, 6.45) is 1.10. The smallest absolute Gasteiger partial charge is 0.229 e. The standard InChI is InChI=1S/C8H10NO3S/c1-12-8-5-3-7(4-6-8)9-13(2,10)11/h3-6,9H,1H2,2H3. The number of benzene rings is 1. The van der Waals surface area contributed by atoms with Crippen LogP contribution in [0.5, 0.6) is 5.75 Å². The molecule has 1 N–H and O–H groups in total. The molecule has 71 valence electrons. The van der Waals surface area contributed by atoms with Crippen LogP contribution in [-0.4, -0.2) is 14.7 Å². The molecule has 5 heteroatoms. The number of hydrogen-bond donors (Lipinski definition) is 1. The second-order valence-corrected chi connectivity index (χ2v) is 4.29. The first-order valence-corrected chi connectivity index (χ1v) is 5.40. The summed E-state index contributed by atoms with van der Waals surface area (Å²) in [6.45, 7) is 0. The van der Waals surface area contributed by atoms with E-state index in [-0.39, 0.29) is 0 Å². The Morgan fingerprint density at radius 3 is 2.23 bits per heavy atom. The van der Waals surface area contributed by atoms with Crippen LogP contribution in [-0.2, 0) is 10.0 Å². The van der Waals surface area contributed by atoms with Crippen molar-refractivity contribution in [1.82, 2.24) is 0 Å². The van der Waals surface area contributed by atoms with Gasteiger partial charge >= 0.3 is 0 Å². The van der Waals surface area contributed by atoms with Gasteiger partial charge in [-0.25, -0.2) is 8.42 Å². The molecule has 0 spiro atoms. The second kappa shape index (κ2) is 3.66. The van der Waals surface area contributed by atoms with E-state index in [9.17, 15) is 8.42 Å². The molecule has 0 bridgehead atoms. The van der Waals surface area contributed by atoms with Crippen LogP contribution >= 0.6 is 0 Å². The summed E-state index contributed by atoms with van der Waals surface area (Å²) in [4.78, 5) is 0. The first kappa shape index (κ1) is 9.85. The summed E-state index contributed by atoms with van der Waals surface area (Å²) in [5.74, 6) is 0.582. The molecule has 0 aliphatic heterocycles. The molecule has 0 aromatic heterocycles. The van der Waals surface area contributed by atoms with Crippen molar-refractivity contribution in [2.45, 2.75) is 0 Å². The maximum atomic E-state index is 10.8. The summed E-state index contributed by atoms with van der Waals surface area (Å²) in [6, 6.07) is 6.45. The number of hydrogen-bond acceptors (Lipinski definition) is 3. The van der Waals surface area contributed by atoms with E-state index in [0.717, 1.165) is 6.26 Å². The third-order valence-corrected chi connectivity index (χ3v) is 1.93. The Morgan fingerprint density at radius 1 is 1.31 bits per heavy atom. The van der Waals surface area contributed by atoms with Gasteiger partial charge in [-0.15, -0.1) is 0 Å². The molecule has 0 aliphatic rings. The lowest BCUT2D eigenvalue weighted by molar-refractivity contribution is 0.473. The normalized spacial score (nSPS) is 10.9. The lowest BCUT2D eigenvalue weighted by atomic mass is 10.3. The van der Waals surface area contributed by atoms with E-state index in [0.29, 0.717) is 11.4 Å². The zero-order valence-corrected chi connectivity index (χ0v) is 7.97. The van der Waals surface area contributed by atoms with Crippen LogP contribution in [0.15, 0.2) is 24.3 Å². The van der Waals surface area contributed by atoms with Gasteiger partial charge in [-0.05, 0) is 24.3 Å². The summed E-state index contributed by atoms with van der Waals surface area (Å²) >= 11 is 0. The lowest BCUT2D eigenvalue weighted by Gasteiger charge is -2.04. The second-order valence-electron chi connectivity index (χ2n) is 2.54. The predicted octanol–water partition coefficient (Wildman–Crippen LogP) is 1.23. The van der Waals surface area contributed by atoms with Gasteiger partial charge in [-0.3, -0.25) is 4.72 Å². The summed E-state index contributed by atoms with van der Waals surface area (Å²) < 4.78 is 28.6. The molecule has 1 rings (SSSR count). The van der Waals surface area contributed by atoms with Gasteiger partial charge in [0.05, 0.1) is 6.26 Å². The van der Waals surface area contributed by atoms with Crippen LogP contribution in [0.2, 0.25) is 0 Å². The molecular weight excluding hydrogens is 190 g/mol. The molecule has 0 fully saturated rings. The molecule has 0 amide bonds. The summed E-state index contributed by atoms with van der Waals surface area (Å²) in [7, 11) is 0.0183. The fourth-order valence-corrected chi connectivity index (χ4v) is 1.40. The number of anilines is 1. The van der Waals surface area contributed by atoms with E-state index in [1.165, 1.54) is 0 Å². The average molecular weight is 200 g/mol. The molecule has 0 saturated carbocycles. The van der Waals surface area contributed by atoms with Gasteiger partial charge in [-0.1, -0.05) is 0 Å². The van der Waals surface area contributed by atoms with Crippen LogP contribution in [0, 0.1) is 7.11 Å². The van der Waals surface area contributed by atoms with Crippen molar-refractivity contribution >= 4 is 15.7 Å². The van der Waals surface area contributed by atoms with Gasteiger partial charge < -0.3 is 4.74 Å². The molecular formula is C8H10NO3S. The van der Waals surface area contributed by atoms with Crippen LogP contribution in [0.4, 0.5) is 5.69 Å². The average Bonchev–Trinajstić information content (AvgIpc) is 2.03. The molecule has 0 heterocycles. The van der Waals surface area contributed by atoms with Crippen molar-refractivity contribution in [2.24, 2.45) is 0 Å². The topological polar surface area (TPSA) is 55.4 Å². The van der Waals surface area contributed by atoms with Crippen LogP contribution < -0.4 is 9.46 Å². The Labute approximate surface area is 77.6 Å². The van der Waals surface area contributed by atoms with E-state index in [2.05, 4.69) is 16.6 Å². The Morgan fingerprint density at radius 2 is 1.85 bits per heavy atom. The zero-order valence-electron chi connectivity index (χ0n) is 7.15. The van der Waals surface area contributed by atoms with E-state index in [1.807, 2.05) is 0 Å². The van der Waals surface area contributed by atoms with Crippen LogP contribution in [0.25, 0.3) is 0 Å². The molecule has 0 saturated heterocycles. The number of nitrogens with one attached hydrogen (secondary N) is 1. The van der Waals surface area contributed by atoms with E-state index in [1.54, 1.807) is 24.3 Å². The van der Waals surface area contributed by atoms with Gasteiger partial charge in [-0.2, -0.15) is 0 Å². The van der Waals surface area contributed by atoms with Crippen LogP contribution in [0.3, 0.4) is 0 Å². The minimum atomic E-state index is -3.20. The third kappa shape index (κ3) is 3.33. The first-order chi connectivity index (χ1) is 6.01. The fourth-order valence-electron chi connectivity index (χ4n) is 0.833. The molecule has 1 radical (unpaired) electrons. The Bertz CT molecular complexity index is 369. The largest absolute Gasteiger partial charge is 0.490 e. The molecule has 0 atom stereocenters. The molecule has 4 nitrogen and oxygen atoms in total. The van der Waals surface area contributed by atoms with Crippen LogP contribution in [0.1, 0.15) is 0 Å². The highest BCUT2D eigenvalue weighted by molar-refractivity contribution is 7.92. The van der Waals surface area contributed by atoms with Gasteiger partial charge in [0.25, 0.3) is 0 Å². The highest BCUT2D eigenvalue weighted by Crippen LogP contribution is 2.15. The van der Waals surface area contributed by atoms with Crippen molar-refractivity contribution in [3.05, 3.63) is 31.4 Å². The Hall–Kier alpha value is -1.23. The van der Waals surface area contributed by atoms with Crippen molar-refractivity contribution in [1.29, 1.82) is 0 Å². The van der Waals surface area contributed by atoms with Gasteiger partial charge in [0.15, 0.2) is 0 Å². The number of sulfonamides is 1. The van der Waals surface area contributed by atoms with Gasteiger partial charge in [0.1, 0.15) is 12.9 Å². The minimum absolute atomic E-state index is 0.503. The van der Waals surface area contributed by atoms with E-state index in [4.69, 9.17) is 0 Å². The molecule has 1 aromatic rings. The maximum Gasteiger partial charge on any atom is 0.229 e. The highest BCUT2D eigenvalue weighted by atomic mass is 32.2. The first-order valence-electron chi connectivity index (χ1n) is 3.51. The van der Waals surface area contributed by atoms with Crippen molar-refractivity contribution < 1.29 is 13.2 Å². The molecule has 0 unspecified atom stereocenters. The number of ether oxygens (including phenoxy) is 1. The zero-order chi connectivity index (χ0) is 9.90. The third-order valence-electron chi connectivity index (χ3n) is 1.32. The summed E-state index contributed by atoms with van der Waals surface area (Å²) in [5, 5.41) is 0. The predicted molar refractivity (Wildman–Crippen MR) is 50.9 cm³/mol. The lowest BCUT2D eigenvalue weighted by Crippen LogP contribution is -2.09. The fraction of sp³-hybridized carbons (Fsp3) is 0.125. The molecule has 0 aliphatic carbocycles. The van der Waals surface area contributed by atoms with Gasteiger partial charge in [0, 0.05) is 5.69 Å². The van der Waals surface area contributed by atoms with Crippen molar-refractivity contribution in [3.63, 3.8) is 0 Å². The maximum absolute atomic E-state index is 10.8. The number of rotatable bonds is 3. The Kier molecular flexibility index (Phi) is 2.77. The van der Waals surface area contributed by atoms with E-state index >= 15 is 0 Å².